The predicted octanol–water partition coefficient (Wildman–Crippen LogP) is 8.81. The smallest absolute Gasteiger partial charge is 0.344 e. The lowest BCUT2D eigenvalue weighted by molar-refractivity contribution is -0.438. The Hall–Kier alpha value is -3.73. The molecule has 15 heteroatoms. The average molecular weight is 805 g/mol. The van der Waals surface area contributed by atoms with Crippen molar-refractivity contribution in [3.8, 4) is 0 Å². The number of likely N-dealkylation sites (N-methyl/N-ethyl adjacent to an activating group) is 1. The van der Waals surface area contributed by atoms with Gasteiger partial charge in [0.2, 0.25) is 5.69 Å². The van der Waals surface area contributed by atoms with Crippen molar-refractivity contribution in [2.45, 2.75) is 83.2 Å². The molecule has 10 nitrogen and oxygen atoms in total. The van der Waals surface area contributed by atoms with Crippen LogP contribution < -0.4 is 4.90 Å². The zero-order valence-electron chi connectivity index (χ0n) is 31.7. The van der Waals surface area contributed by atoms with E-state index in [1.54, 1.807) is 0 Å². The number of amides is 1. The Morgan fingerprint density at radius 3 is 2.35 bits per heavy atom. The second kappa shape index (κ2) is 17.2. The molecule has 0 spiro atoms. The van der Waals surface area contributed by atoms with Gasteiger partial charge in [0, 0.05) is 72.3 Å². The maximum absolute atomic E-state index is 14.0. The van der Waals surface area contributed by atoms with E-state index in [-0.39, 0.29) is 17.9 Å². The summed E-state index contributed by atoms with van der Waals surface area (Å²) in [5, 5.41) is 12.1. The van der Waals surface area contributed by atoms with E-state index < -0.39 is 33.0 Å². The Morgan fingerprint density at radius 1 is 0.964 bits per heavy atom. The molecule has 0 atom stereocenters. The van der Waals surface area contributed by atoms with Gasteiger partial charge in [0.1, 0.15) is 6.54 Å². The van der Waals surface area contributed by atoms with E-state index in [4.69, 9.17) is 5.26 Å². The number of allylic oxidation sites excluding steroid dienone is 7. The number of fused-ring (bicyclic) bond motifs is 2. The van der Waals surface area contributed by atoms with Crippen LogP contribution in [0.1, 0.15) is 77.3 Å². The van der Waals surface area contributed by atoms with Gasteiger partial charge in [-0.2, -0.15) is 26.2 Å². The Morgan fingerprint density at radius 2 is 1.65 bits per heavy atom. The van der Waals surface area contributed by atoms with Crippen molar-refractivity contribution in [2.24, 2.45) is 0 Å². The fourth-order valence-electron chi connectivity index (χ4n) is 7.92. The summed E-state index contributed by atoms with van der Waals surface area (Å²) in [6, 6.07) is 16.0. The highest BCUT2D eigenvalue weighted by Crippen LogP contribution is 2.48. The van der Waals surface area contributed by atoms with Crippen LogP contribution in [0, 0.1) is 0 Å². The molecule has 3 aliphatic rings. The first-order valence-corrected chi connectivity index (χ1v) is 20.8. The van der Waals surface area contributed by atoms with Gasteiger partial charge in [0.25, 0.3) is 10.1 Å². The highest BCUT2D eigenvalue weighted by atomic mass is 32.2. The number of unbranched alkanes of at least 4 members (excludes halogenated alkanes) is 2. The van der Waals surface area contributed by atoms with Gasteiger partial charge in [-0.1, -0.05) is 67.4 Å². The fraction of sp³-hybridized carbons (Fsp3) is 0.450. The first-order valence-electron chi connectivity index (χ1n) is 18.2. The van der Waals surface area contributed by atoms with Crippen molar-refractivity contribution in [1.82, 2.24) is 4.90 Å². The van der Waals surface area contributed by atoms with E-state index in [2.05, 4.69) is 58.7 Å². The summed E-state index contributed by atoms with van der Waals surface area (Å²) in [7, 11) is -2.94. The number of halogens is 3. The van der Waals surface area contributed by atoms with Crippen LogP contribution in [-0.4, -0.2) is 77.1 Å². The van der Waals surface area contributed by atoms with Crippen LogP contribution in [0.25, 0.3) is 0 Å². The first-order chi connectivity index (χ1) is 25.9. The van der Waals surface area contributed by atoms with Gasteiger partial charge in [-0.3, -0.25) is 9.35 Å². The lowest BCUT2D eigenvalue weighted by Gasteiger charge is -2.27. The minimum Gasteiger partial charge on any atom is -0.344 e. The topological polar surface area (TPSA) is 120 Å². The predicted molar refractivity (Wildman–Crippen MR) is 209 cm³/mol. The van der Waals surface area contributed by atoms with Crippen LogP contribution in [0.5, 0.6) is 0 Å². The molecule has 0 radical (unpaired) electrons. The van der Waals surface area contributed by atoms with Gasteiger partial charge in [-0.05, 0) is 74.8 Å². The van der Waals surface area contributed by atoms with E-state index in [1.165, 1.54) is 7.05 Å². The molecule has 5 rings (SSSR count). The number of carbonyl (C=O) groups is 1. The zero-order valence-corrected chi connectivity index (χ0v) is 33.4. The third kappa shape index (κ3) is 9.46. The minimum absolute atomic E-state index is 0.215. The molecular formula is C40H49F3N3O7S2+. The van der Waals surface area contributed by atoms with Crippen molar-refractivity contribution in [3.05, 3.63) is 107 Å². The molecule has 2 aromatic carbocycles. The van der Waals surface area contributed by atoms with E-state index in [0.717, 1.165) is 58.8 Å². The van der Waals surface area contributed by atoms with Crippen LogP contribution in [0.15, 0.2) is 95.4 Å². The van der Waals surface area contributed by atoms with Gasteiger partial charge in [0.15, 0.2) is 5.71 Å². The second-order valence-corrected chi connectivity index (χ2v) is 17.3. The molecule has 0 saturated heterocycles. The Kier molecular flexibility index (Phi) is 13.3. The molecule has 298 valence electrons. The average Bonchev–Trinajstić information content (AvgIpc) is 3.70. The lowest BCUT2D eigenvalue weighted by atomic mass is 9.81. The van der Waals surface area contributed by atoms with Crippen LogP contribution >= 0.6 is 12.0 Å². The minimum atomic E-state index is -5.08. The largest absolute Gasteiger partial charge is 0.471 e. The maximum Gasteiger partial charge on any atom is 0.471 e. The van der Waals surface area contributed by atoms with Crippen LogP contribution in [-0.2, 0) is 35.1 Å². The highest BCUT2D eigenvalue weighted by molar-refractivity contribution is 7.94. The molecule has 2 aliphatic heterocycles. The molecule has 1 aliphatic carbocycles. The number of hydrogen-bond donors (Lipinski definition) is 2. The number of rotatable bonds is 16. The fourth-order valence-corrected chi connectivity index (χ4v) is 8.93. The van der Waals surface area contributed by atoms with Crippen LogP contribution in [0.3, 0.4) is 0 Å². The quantitative estimate of drug-likeness (QED) is 0.0429. The number of para-hydroxylation sites is 2. The summed E-state index contributed by atoms with van der Waals surface area (Å²) in [6.07, 6.45) is 5.57. The van der Waals surface area contributed by atoms with Crippen molar-refractivity contribution >= 4 is 45.2 Å². The Labute approximate surface area is 325 Å². The number of hydrogen-bond acceptors (Lipinski definition) is 8. The number of nitrogens with zero attached hydrogens (tertiary/aromatic N) is 3. The van der Waals surface area contributed by atoms with Crippen LogP contribution in [0.4, 0.5) is 24.5 Å². The van der Waals surface area contributed by atoms with Gasteiger partial charge >= 0.3 is 12.1 Å². The third-order valence-electron chi connectivity index (χ3n) is 10.6. The third-order valence-corrected chi connectivity index (χ3v) is 12.0. The second-order valence-electron chi connectivity index (χ2n) is 15.0. The summed E-state index contributed by atoms with van der Waals surface area (Å²) in [6.45, 7) is 9.49. The number of alkyl halides is 3. The van der Waals surface area contributed by atoms with E-state index in [1.807, 2.05) is 60.7 Å². The van der Waals surface area contributed by atoms with Gasteiger partial charge < -0.3 is 9.80 Å². The van der Waals surface area contributed by atoms with Gasteiger partial charge in [-0.15, -0.1) is 4.33 Å². The lowest BCUT2D eigenvalue weighted by Crippen LogP contribution is -2.38. The molecular weight excluding hydrogens is 756 g/mol. The molecule has 2 aromatic rings. The van der Waals surface area contributed by atoms with E-state index >= 15 is 0 Å². The molecule has 2 N–H and O–H groups in total. The summed E-state index contributed by atoms with van der Waals surface area (Å²) in [5.74, 6) is -1.71. The summed E-state index contributed by atoms with van der Waals surface area (Å²) < 4.78 is 80.6. The highest BCUT2D eigenvalue weighted by Gasteiger charge is 2.46. The van der Waals surface area contributed by atoms with Crippen LogP contribution in [0.2, 0.25) is 0 Å². The Balaban J connectivity index is 1.54. The Bertz CT molecular complexity index is 2040. The maximum atomic E-state index is 14.0. The number of carbonyl (C=O) groups excluding carboxylic acids is 1. The molecule has 2 heterocycles. The summed E-state index contributed by atoms with van der Waals surface area (Å²) >= 11 is 0.999. The normalized spacial score (nSPS) is 19.3. The van der Waals surface area contributed by atoms with E-state index in [0.29, 0.717) is 54.2 Å². The monoisotopic (exact) mass is 804 g/mol. The SMILES string of the molecule is CN(C(=O)C(F)(F)F)C1=C(/C=C/C2=[N+](CCCCSOOO)c3ccccc3C2(C)C)CC/C1=C\C=C1\N(CCCCS(=O)(=O)O)c2ccccc2C1(C)C. The van der Waals surface area contributed by atoms with Gasteiger partial charge in [0.05, 0.1) is 16.9 Å². The number of anilines is 1. The molecule has 55 heavy (non-hydrogen) atoms. The molecule has 1 amide bonds. The number of benzene rings is 2. The van der Waals surface area contributed by atoms with Crippen molar-refractivity contribution in [1.29, 1.82) is 0 Å². The van der Waals surface area contributed by atoms with Crippen molar-refractivity contribution in [3.63, 3.8) is 0 Å². The summed E-state index contributed by atoms with van der Waals surface area (Å²) in [4.78, 5) is 15.6. The first kappa shape index (κ1) is 42.4. The molecule has 0 fully saturated rings. The zero-order chi connectivity index (χ0) is 40.2. The van der Waals surface area contributed by atoms with Crippen molar-refractivity contribution < 1.29 is 50.1 Å². The standard InChI is InChI=1S/C40H48F3N3O7S2/c1-38(2)30-14-6-8-16-32(30)45(24-10-12-26-54-53-52-48)34(38)22-20-28-18-19-29(36(28)44(5)37(47)40(41,42)43)21-23-35-39(3,4)31-15-7-9-17-33(31)46(35)25-11-13-27-55(49,50)51/h6-9,14-17,20-23H,10-13,18-19,24-27H2,1-5H3,(H-,48,49,50,51)/p+1. The van der Waals surface area contributed by atoms with Crippen molar-refractivity contribution in [2.75, 3.05) is 36.5 Å². The molecule has 0 aromatic heterocycles. The molecule has 0 saturated carbocycles. The van der Waals surface area contributed by atoms with E-state index in [9.17, 15) is 30.9 Å². The molecule has 0 unspecified atom stereocenters. The summed E-state index contributed by atoms with van der Waals surface area (Å²) in [5.41, 5.74) is 6.55. The van der Waals surface area contributed by atoms with Gasteiger partial charge in [-0.25, -0.2) is 5.26 Å². The molecule has 0 bridgehead atoms.